The molecule has 0 amide bonds. The number of rotatable bonds is 2. The molecule has 1 rings (SSSR count). The number of aromatic nitrogens is 2. The van der Waals surface area contributed by atoms with Crippen LogP contribution in [0.15, 0.2) is 12.5 Å². The number of hydrogen-bond acceptors (Lipinski definition) is 3. The molecular weight excluding hydrogens is 189 g/mol. The van der Waals surface area contributed by atoms with Gasteiger partial charge >= 0.3 is 0 Å². The van der Waals surface area contributed by atoms with E-state index in [-0.39, 0.29) is 31.4 Å². The highest BCUT2D eigenvalue weighted by Crippen LogP contribution is 2.03. The van der Waals surface area contributed by atoms with Crippen LogP contribution in [0.3, 0.4) is 0 Å². The van der Waals surface area contributed by atoms with Gasteiger partial charge in [0.1, 0.15) is 6.10 Å². The Morgan fingerprint density at radius 1 is 1.64 bits per heavy atom. The molecule has 0 aliphatic carbocycles. The van der Waals surface area contributed by atoms with E-state index in [9.17, 15) is 0 Å². The molecule has 0 spiro atoms. The summed E-state index contributed by atoms with van der Waals surface area (Å²) in [6.45, 7) is 0.224. The summed E-state index contributed by atoms with van der Waals surface area (Å²) in [5.74, 6) is 0. The molecule has 0 aliphatic rings. The van der Waals surface area contributed by atoms with Gasteiger partial charge in [0.05, 0.1) is 18.2 Å². The van der Waals surface area contributed by atoms with Gasteiger partial charge in [-0.25, -0.2) is 4.98 Å². The van der Waals surface area contributed by atoms with Crippen molar-refractivity contribution >= 4 is 24.8 Å². The van der Waals surface area contributed by atoms with Gasteiger partial charge in [-0.3, -0.25) is 0 Å². The van der Waals surface area contributed by atoms with Crippen molar-refractivity contribution in [1.29, 1.82) is 0 Å². The molecule has 0 aromatic carbocycles. The summed E-state index contributed by atoms with van der Waals surface area (Å²) in [4.78, 5) is 6.47. The van der Waals surface area contributed by atoms with E-state index in [1.165, 1.54) is 6.33 Å². The van der Waals surface area contributed by atoms with E-state index in [1.807, 2.05) is 0 Å². The zero-order valence-electron chi connectivity index (χ0n) is 5.73. The Balaban J connectivity index is 0. The van der Waals surface area contributed by atoms with Crippen molar-refractivity contribution in [3.05, 3.63) is 18.2 Å². The second-order valence-electron chi connectivity index (χ2n) is 1.76. The van der Waals surface area contributed by atoms with E-state index >= 15 is 0 Å². The fourth-order valence-electron chi connectivity index (χ4n) is 0.576. The zero-order valence-corrected chi connectivity index (χ0v) is 7.36. The number of nitrogens with one attached hydrogen (secondary N) is 1. The van der Waals surface area contributed by atoms with Crippen LogP contribution < -0.4 is 5.73 Å². The number of aliphatic hydroxyl groups is 1. The van der Waals surface area contributed by atoms with Crippen molar-refractivity contribution in [2.45, 2.75) is 6.10 Å². The van der Waals surface area contributed by atoms with Gasteiger partial charge < -0.3 is 15.8 Å². The third-order valence-electron chi connectivity index (χ3n) is 1.10. The average molecular weight is 200 g/mol. The van der Waals surface area contributed by atoms with Gasteiger partial charge in [-0.1, -0.05) is 0 Å². The largest absolute Gasteiger partial charge is 0.386 e. The first-order chi connectivity index (χ1) is 4.34. The first-order valence-corrected chi connectivity index (χ1v) is 2.71. The van der Waals surface area contributed by atoms with Crippen molar-refractivity contribution in [1.82, 2.24) is 9.97 Å². The van der Waals surface area contributed by atoms with E-state index in [0.717, 1.165) is 0 Å². The van der Waals surface area contributed by atoms with Crippen molar-refractivity contribution in [3.63, 3.8) is 0 Å². The van der Waals surface area contributed by atoms with Gasteiger partial charge in [0.25, 0.3) is 0 Å². The second kappa shape index (κ2) is 6.42. The molecule has 0 bridgehead atoms. The van der Waals surface area contributed by atoms with Crippen LogP contribution >= 0.6 is 24.8 Å². The van der Waals surface area contributed by atoms with Crippen LogP contribution in [0.2, 0.25) is 0 Å². The zero-order chi connectivity index (χ0) is 6.69. The van der Waals surface area contributed by atoms with Crippen molar-refractivity contribution < 1.29 is 5.11 Å². The highest BCUT2D eigenvalue weighted by atomic mass is 35.5. The summed E-state index contributed by atoms with van der Waals surface area (Å²) >= 11 is 0. The molecule has 0 aliphatic heterocycles. The molecule has 0 saturated carbocycles. The topological polar surface area (TPSA) is 74.9 Å². The first-order valence-electron chi connectivity index (χ1n) is 2.71. The molecule has 6 heteroatoms. The smallest absolute Gasteiger partial charge is 0.107 e. The van der Waals surface area contributed by atoms with Crippen LogP contribution in [-0.4, -0.2) is 21.6 Å². The number of nitrogens with zero attached hydrogens (tertiary/aromatic N) is 1. The van der Waals surface area contributed by atoms with Gasteiger partial charge in [-0.05, 0) is 0 Å². The molecule has 66 valence electrons. The van der Waals surface area contributed by atoms with Crippen LogP contribution in [-0.2, 0) is 0 Å². The summed E-state index contributed by atoms with van der Waals surface area (Å²) in [7, 11) is 0. The van der Waals surface area contributed by atoms with E-state index in [1.54, 1.807) is 6.20 Å². The maximum atomic E-state index is 9.02. The van der Waals surface area contributed by atoms with Crippen molar-refractivity contribution in [2.24, 2.45) is 5.73 Å². The van der Waals surface area contributed by atoms with Gasteiger partial charge in [0, 0.05) is 6.54 Å². The number of aromatic amines is 1. The third-order valence-corrected chi connectivity index (χ3v) is 1.10. The Bertz CT molecular complexity index is 168. The molecule has 1 aromatic heterocycles. The fraction of sp³-hybridized carbons (Fsp3) is 0.400. The standard InChI is InChI=1S/C5H9N3O.2ClH/c6-1-5(9)4-2-7-3-8-4;;/h2-3,5,9H,1,6H2,(H,7,8);2*1H. The SMILES string of the molecule is Cl.Cl.NCC(O)c1cnc[nH]1. The molecule has 4 nitrogen and oxygen atoms in total. The van der Waals surface area contributed by atoms with E-state index in [2.05, 4.69) is 9.97 Å². The number of imidazole rings is 1. The minimum atomic E-state index is -0.604. The summed E-state index contributed by atoms with van der Waals surface area (Å²) in [6, 6.07) is 0. The lowest BCUT2D eigenvalue weighted by molar-refractivity contribution is 0.182. The summed E-state index contributed by atoms with van der Waals surface area (Å²) in [6.07, 6.45) is 2.46. The maximum Gasteiger partial charge on any atom is 0.107 e. The van der Waals surface area contributed by atoms with Crippen molar-refractivity contribution in [3.8, 4) is 0 Å². The van der Waals surface area contributed by atoms with Gasteiger partial charge in [-0.15, -0.1) is 24.8 Å². The molecule has 0 saturated heterocycles. The highest BCUT2D eigenvalue weighted by molar-refractivity contribution is 5.85. The lowest BCUT2D eigenvalue weighted by Gasteiger charge is -2.01. The Labute approximate surface area is 77.0 Å². The average Bonchev–Trinajstić information content (AvgIpc) is 2.37. The van der Waals surface area contributed by atoms with Gasteiger partial charge in [-0.2, -0.15) is 0 Å². The summed E-state index contributed by atoms with van der Waals surface area (Å²) < 4.78 is 0. The molecule has 1 heterocycles. The maximum absolute atomic E-state index is 9.02. The van der Waals surface area contributed by atoms with Crippen LogP contribution in [0.5, 0.6) is 0 Å². The van der Waals surface area contributed by atoms with Gasteiger partial charge in [0.15, 0.2) is 0 Å². The predicted molar refractivity (Wildman–Crippen MR) is 47.1 cm³/mol. The van der Waals surface area contributed by atoms with Crippen LogP contribution in [0, 0.1) is 0 Å². The second-order valence-corrected chi connectivity index (χ2v) is 1.76. The lowest BCUT2D eigenvalue weighted by atomic mass is 10.3. The highest BCUT2D eigenvalue weighted by Gasteiger charge is 2.03. The predicted octanol–water partition coefficient (Wildman–Crippen LogP) is 0.245. The normalized spacial score (nSPS) is 11.1. The lowest BCUT2D eigenvalue weighted by Crippen LogP contribution is -2.11. The minimum Gasteiger partial charge on any atom is -0.386 e. The molecule has 1 aromatic rings. The number of hydrogen-bond donors (Lipinski definition) is 3. The Morgan fingerprint density at radius 2 is 2.27 bits per heavy atom. The van der Waals surface area contributed by atoms with E-state index in [0.29, 0.717) is 5.69 Å². The molecule has 0 radical (unpaired) electrons. The molecular formula is C5H11Cl2N3O. The van der Waals surface area contributed by atoms with E-state index < -0.39 is 6.10 Å². The van der Waals surface area contributed by atoms with Crippen LogP contribution in [0.4, 0.5) is 0 Å². The third kappa shape index (κ3) is 3.57. The van der Waals surface area contributed by atoms with Crippen LogP contribution in [0.1, 0.15) is 11.8 Å². The number of H-pyrrole nitrogens is 1. The summed E-state index contributed by atoms with van der Waals surface area (Å²) in [5.41, 5.74) is 5.83. The molecule has 11 heavy (non-hydrogen) atoms. The first kappa shape index (κ1) is 13.3. The monoisotopic (exact) mass is 199 g/mol. The number of halogens is 2. The van der Waals surface area contributed by atoms with Crippen LogP contribution in [0.25, 0.3) is 0 Å². The fourth-order valence-corrected chi connectivity index (χ4v) is 0.576. The molecule has 4 N–H and O–H groups in total. The summed E-state index contributed by atoms with van der Waals surface area (Å²) in [5, 5.41) is 9.02. The minimum absolute atomic E-state index is 0. The van der Waals surface area contributed by atoms with Gasteiger partial charge in [0.2, 0.25) is 0 Å². The van der Waals surface area contributed by atoms with Crippen molar-refractivity contribution in [2.75, 3.05) is 6.54 Å². The number of nitrogens with two attached hydrogens (primary N) is 1. The Hall–Kier alpha value is -0.290. The molecule has 1 unspecified atom stereocenters. The molecule has 0 fully saturated rings. The Morgan fingerprint density at radius 3 is 2.64 bits per heavy atom. The molecule has 1 atom stereocenters. The number of aliphatic hydroxyl groups excluding tert-OH is 1. The quantitative estimate of drug-likeness (QED) is 0.640. The van der Waals surface area contributed by atoms with E-state index in [4.69, 9.17) is 10.8 Å². The Kier molecular flexibility index (Phi) is 7.77.